The van der Waals surface area contributed by atoms with Gasteiger partial charge in [-0.05, 0) is 18.9 Å². The van der Waals surface area contributed by atoms with E-state index >= 15 is 0 Å². The monoisotopic (exact) mass is 264 g/mol. The van der Waals surface area contributed by atoms with E-state index in [1.165, 1.54) is 25.3 Å². The van der Waals surface area contributed by atoms with Crippen LogP contribution in [-0.2, 0) is 4.74 Å². The van der Waals surface area contributed by atoms with Crippen molar-refractivity contribution in [3.63, 3.8) is 0 Å². The van der Waals surface area contributed by atoms with Gasteiger partial charge in [0.1, 0.15) is 11.8 Å². The molecule has 0 saturated carbocycles. The lowest BCUT2D eigenvalue weighted by Crippen LogP contribution is -2.36. The maximum absolute atomic E-state index is 12.0. The standard InChI is InChI=1S/C13H16N2O4/c1-3-4-9-12(19-2)14-13(16)10-7-5-6-8-11(10)15(17)18/h3,5-8,12H,1,4,9H2,2H3,(H,14,16)/t12-/m0/s1. The van der Waals surface area contributed by atoms with Crippen molar-refractivity contribution < 1.29 is 14.5 Å². The number of nitro groups is 1. The molecule has 0 unspecified atom stereocenters. The molecule has 1 rings (SSSR count). The molecule has 0 bridgehead atoms. The van der Waals surface area contributed by atoms with Gasteiger partial charge in [0.2, 0.25) is 0 Å². The number of nitrogens with one attached hydrogen (secondary N) is 1. The van der Waals surface area contributed by atoms with Crippen molar-refractivity contribution in [2.45, 2.75) is 19.1 Å². The lowest BCUT2D eigenvalue weighted by molar-refractivity contribution is -0.385. The van der Waals surface area contributed by atoms with Gasteiger partial charge in [-0.15, -0.1) is 6.58 Å². The van der Waals surface area contributed by atoms with Crippen molar-refractivity contribution >= 4 is 11.6 Å². The maximum atomic E-state index is 12.0. The van der Waals surface area contributed by atoms with Crippen molar-refractivity contribution in [1.82, 2.24) is 5.32 Å². The highest BCUT2D eigenvalue weighted by Crippen LogP contribution is 2.17. The molecule has 1 amide bonds. The summed E-state index contributed by atoms with van der Waals surface area (Å²) in [6.07, 6.45) is 2.45. The van der Waals surface area contributed by atoms with E-state index in [2.05, 4.69) is 11.9 Å². The van der Waals surface area contributed by atoms with E-state index < -0.39 is 17.1 Å². The molecular formula is C13H16N2O4. The zero-order valence-electron chi connectivity index (χ0n) is 10.7. The van der Waals surface area contributed by atoms with E-state index in [1.54, 1.807) is 12.1 Å². The molecule has 0 fully saturated rings. The number of allylic oxidation sites excluding steroid dienone is 1. The number of para-hydroxylation sites is 1. The van der Waals surface area contributed by atoms with Gasteiger partial charge in [0, 0.05) is 13.2 Å². The van der Waals surface area contributed by atoms with E-state index in [-0.39, 0.29) is 11.3 Å². The minimum Gasteiger partial charge on any atom is -0.362 e. The largest absolute Gasteiger partial charge is 0.362 e. The quantitative estimate of drug-likeness (QED) is 0.354. The van der Waals surface area contributed by atoms with Crippen molar-refractivity contribution in [2.24, 2.45) is 0 Å². The zero-order valence-corrected chi connectivity index (χ0v) is 10.7. The Kier molecular flexibility index (Phi) is 5.69. The third-order valence-electron chi connectivity index (χ3n) is 2.55. The second-order valence-electron chi connectivity index (χ2n) is 3.84. The number of hydrogen-bond acceptors (Lipinski definition) is 4. The molecule has 6 nitrogen and oxygen atoms in total. The van der Waals surface area contributed by atoms with Crippen molar-refractivity contribution in [3.05, 3.63) is 52.6 Å². The summed E-state index contributed by atoms with van der Waals surface area (Å²) in [4.78, 5) is 22.2. The van der Waals surface area contributed by atoms with E-state index in [4.69, 9.17) is 4.74 Å². The summed E-state index contributed by atoms with van der Waals surface area (Å²) in [7, 11) is 1.47. The summed E-state index contributed by atoms with van der Waals surface area (Å²) >= 11 is 0. The summed E-state index contributed by atoms with van der Waals surface area (Å²) in [5.74, 6) is -0.525. The molecule has 1 atom stereocenters. The smallest absolute Gasteiger partial charge is 0.282 e. The lowest BCUT2D eigenvalue weighted by atomic mass is 10.1. The predicted molar refractivity (Wildman–Crippen MR) is 70.8 cm³/mol. The lowest BCUT2D eigenvalue weighted by Gasteiger charge is -2.16. The highest BCUT2D eigenvalue weighted by molar-refractivity contribution is 5.98. The molecule has 19 heavy (non-hydrogen) atoms. The maximum Gasteiger partial charge on any atom is 0.282 e. The first-order chi connectivity index (χ1) is 9.10. The number of rotatable bonds is 7. The van der Waals surface area contributed by atoms with Crippen LogP contribution in [0.5, 0.6) is 0 Å². The van der Waals surface area contributed by atoms with Crippen LogP contribution in [0.2, 0.25) is 0 Å². The molecule has 0 aliphatic heterocycles. The van der Waals surface area contributed by atoms with Crippen LogP contribution < -0.4 is 5.32 Å². The number of nitro benzene ring substituents is 1. The van der Waals surface area contributed by atoms with E-state index in [9.17, 15) is 14.9 Å². The Morgan fingerprint density at radius 3 is 2.84 bits per heavy atom. The Hall–Kier alpha value is -2.21. The molecule has 6 heteroatoms. The van der Waals surface area contributed by atoms with E-state index in [0.29, 0.717) is 12.8 Å². The number of amides is 1. The molecule has 0 aliphatic rings. The Labute approximate surface area is 111 Å². The van der Waals surface area contributed by atoms with Crippen LogP contribution in [0.3, 0.4) is 0 Å². The molecule has 0 radical (unpaired) electrons. The summed E-state index contributed by atoms with van der Waals surface area (Å²) in [5.41, 5.74) is -0.202. The topological polar surface area (TPSA) is 81.5 Å². The van der Waals surface area contributed by atoms with Gasteiger partial charge >= 0.3 is 0 Å². The molecule has 1 aromatic rings. The van der Waals surface area contributed by atoms with Gasteiger partial charge in [-0.3, -0.25) is 14.9 Å². The average Bonchev–Trinajstić information content (AvgIpc) is 2.43. The third kappa shape index (κ3) is 4.18. The summed E-state index contributed by atoms with van der Waals surface area (Å²) in [6.45, 7) is 3.58. The van der Waals surface area contributed by atoms with E-state index in [0.717, 1.165) is 0 Å². The minimum absolute atomic E-state index is 0.0214. The first kappa shape index (κ1) is 14.8. The fourth-order valence-corrected chi connectivity index (χ4v) is 1.57. The van der Waals surface area contributed by atoms with Gasteiger partial charge in [0.15, 0.2) is 0 Å². The summed E-state index contributed by atoms with van der Waals surface area (Å²) in [5, 5.41) is 13.4. The number of ether oxygens (including phenoxy) is 1. The number of hydrogen-bond donors (Lipinski definition) is 1. The van der Waals surface area contributed by atoms with Gasteiger partial charge in [-0.2, -0.15) is 0 Å². The number of carbonyl (C=O) groups is 1. The highest BCUT2D eigenvalue weighted by Gasteiger charge is 2.21. The molecule has 0 spiro atoms. The second-order valence-corrected chi connectivity index (χ2v) is 3.84. The normalized spacial score (nSPS) is 11.6. The van der Waals surface area contributed by atoms with Gasteiger partial charge in [0.25, 0.3) is 11.6 Å². The molecule has 1 aromatic carbocycles. The molecule has 0 heterocycles. The number of benzene rings is 1. The molecule has 0 saturated heterocycles. The third-order valence-corrected chi connectivity index (χ3v) is 2.55. The molecule has 102 valence electrons. The predicted octanol–water partition coefficient (Wildman–Crippen LogP) is 2.26. The fraction of sp³-hybridized carbons (Fsp3) is 0.308. The van der Waals surface area contributed by atoms with Crippen LogP contribution in [0, 0.1) is 10.1 Å². The Bertz CT molecular complexity index is 473. The van der Waals surface area contributed by atoms with Crippen molar-refractivity contribution in [1.29, 1.82) is 0 Å². The highest BCUT2D eigenvalue weighted by atomic mass is 16.6. The van der Waals surface area contributed by atoms with Crippen LogP contribution in [0.1, 0.15) is 23.2 Å². The Balaban J connectivity index is 2.82. The average molecular weight is 264 g/mol. The van der Waals surface area contributed by atoms with Crippen LogP contribution in [-0.4, -0.2) is 24.2 Å². The van der Waals surface area contributed by atoms with Crippen LogP contribution >= 0.6 is 0 Å². The Morgan fingerprint density at radius 1 is 1.58 bits per heavy atom. The fourth-order valence-electron chi connectivity index (χ4n) is 1.57. The van der Waals surface area contributed by atoms with E-state index in [1.807, 2.05) is 0 Å². The molecular weight excluding hydrogens is 248 g/mol. The van der Waals surface area contributed by atoms with Gasteiger partial charge in [-0.1, -0.05) is 18.2 Å². The van der Waals surface area contributed by atoms with Crippen molar-refractivity contribution in [2.75, 3.05) is 7.11 Å². The minimum atomic E-state index is -0.583. The molecule has 0 aliphatic carbocycles. The Morgan fingerprint density at radius 2 is 2.26 bits per heavy atom. The van der Waals surface area contributed by atoms with Gasteiger partial charge in [-0.25, -0.2) is 0 Å². The SMILES string of the molecule is C=CCC[C@@H](NC(=O)c1ccccc1[N+](=O)[O-])OC. The van der Waals surface area contributed by atoms with Crippen LogP contribution in [0.25, 0.3) is 0 Å². The van der Waals surface area contributed by atoms with Gasteiger partial charge < -0.3 is 10.1 Å². The zero-order chi connectivity index (χ0) is 14.3. The second kappa shape index (κ2) is 7.27. The summed E-state index contributed by atoms with van der Waals surface area (Å²) in [6, 6.07) is 5.79. The summed E-state index contributed by atoms with van der Waals surface area (Å²) < 4.78 is 5.10. The molecule has 0 aromatic heterocycles. The van der Waals surface area contributed by atoms with Crippen molar-refractivity contribution in [3.8, 4) is 0 Å². The first-order valence-electron chi connectivity index (χ1n) is 5.78. The van der Waals surface area contributed by atoms with Gasteiger partial charge in [0.05, 0.1) is 4.92 Å². The number of nitrogens with zero attached hydrogens (tertiary/aromatic N) is 1. The molecule has 1 N–H and O–H groups in total. The van der Waals surface area contributed by atoms with Crippen LogP contribution in [0.15, 0.2) is 36.9 Å². The van der Waals surface area contributed by atoms with Crippen LogP contribution in [0.4, 0.5) is 5.69 Å². The first-order valence-corrected chi connectivity index (χ1v) is 5.78. The number of methoxy groups -OCH3 is 1. The number of carbonyl (C=O) groups excluding carboxylic acids is 1.